The number of likely N-dealkylation sites (tertiary alicyclic amines) is 2. The Morgan fingerprint density at radius 3 is 2.83 bits per heavy atom. The van der Waals surface area contributed by atoms with Crippen LogP contribution in [0.25, 0.3) is 0 Å². The number of amides is 1. The summed E-state index contributed by atoms with van der Waals surface area (Å²) < 4.78 is 0. The normalized spacial score (nSPS) is 27.2. The lowest BCUT2D eigenvalue weighted by Crippen LogP contribution is -2.51. The summed E-state index contributed by atoms with van der Waals surface area (Å²) in [5.74, 6) is 0.105. The molecule has 23 heavy (non-hydrogen) atoms. The average Bonchev–Trinajstić information content (AvgIpc) is 2.97. The summed E-state index contributed by atoms with van der Waals surface area (Å²) >= 11 is 0. The minimum Gasteiger partial charge on any atom is -0.358 e. The lowest BCUT2D eigenvalue weighted by molar-refractivity contribution is -0.126. The number of pyridine rings is 1. The van der Waals surface area contributed by atoms with E-state index in [0.29, 0.717) is 6.04 Å². The van der Waals surface area contributed by atoms with Gasteiger partial charge >= 0.3 is 0 Å². The standard InChI is InChI=1S/C17H27N5O/c1-19-17(23)16-10-13(18)11-22(16)15-5-8-21(9-6-15)12-14-4-2-3-7-20-14/h2-4,7,13,15-16H,5-6,8-12,18H2,1H3,(H,19,23)/t13-,16+/m1/s1. The van der Waals surface area contributed by atoms with Crippen LogP contribution in [0.3, 0.4) is 0 Å². The molecular formula is C17H27N5O. The van der Waals surface area contributed by atoms with Crippen LogP contribution in [0, 0.1) is 0 Å². The van der Waals surface area contributed by atoms with Crippen LogP contribution in [-0.4, -0.2) is 65.5 Å². The number of hydrogen-bond acceptors (Lipinski definition) is 5. The third-order valence-corrected chi connectivity index (χ3v) is 5.06. The maximum atomic E-state index is 12.1. The molecule has 1 aromatic rings. The van der Waals surface area contributed by atoms with Gasteiger partial charge in [0, 0.05) is 51.5 Å². The van der Waals surface area contributed by atoms with Gasteiger partial charge in [0.15, 0.2) is 0 Å². The van der Waals surface area contributed by atoms with E-state index >= 15 is 0 Å². The number of nitrogens with two attached hydrogens (primary N) is 1. The molecule has 0 aliphatic carbocycles. The van der Waals surface area contributed by atoms with Crippen molar-refractivity contribution in [2.24, 2.45) is 5.73 Å². The molecule has 0 saturated carbocycles. The fourth-order valence-electron chi connectivity index (χ4n) is 3.85. The lowest BCUT2D eigenvalue weighted by atomic mass is 10.0. The second-order valence-corrected chi connectivity index (χ2v) is 6.65. The van der Waals surface area contributed by atoms with E-state index in [1.165, 1.54) is 0 Å². The Kier molecular flexibility index (Phi) is 5.25. The minimum atomic E-state index is -0.0534. The number of nitrogens with zero attached hydrogens (tertiary/aromatic N) is 3. The van der Waals surface area contributed by atoms with Crippen LogP contribution in [-0.2, 0) is 11.3 Å². The number of carbonyl (C=O) groups is 1. The van der Waals surface area contributed by atoms with E-state index in [9.17, 15) is 4.79 Å². The predicted octanol–water partition coefficient (Wildman–Crippen LogP) is 0.194. The van der Waals surface area contributed by atoms with Gasteiger partial charge in [0.1, 0.15) is 0 Å². The zero-order valence-electron chi connectivity index (χ0n) is 13.8. The molecule has 2 aliphatic rings. The second kappa shape index (κ2) is 7.38. The third kappa shape index (κ3) is 3.88. The van der Waals surface area contributed by atoms with Crippen LogP contribution in [0.1, 0.15) is 25.0 Å². The first kappa shape index (κ1) is 16.4. The van der Waals surface area contributed by atoms with Gasteiger partial charge in [-0.15, -0.1) is 0 Å². The van der Waals surface area contributed by atoms with Gasteiger partial charge in [-0.05, 0) is 31.4 Å². The molecule has 1 aromatic heterocycles. The van der Waals surface area contributed by atoms with Crippen molar-refractivity contribution >= 4 is 5.91 Å². The summed E-state index contributed by atoms with van der Waals surface area (Å²) in [7, 11) is 1.71. The van der Waals surface area contributed by atoms with Gasteiger partial charge in [-0.3, -0.25) is 19.6 Å². The Labute approximate surface area is 138 Å². The van der Waals surface area contributed by atoms with Gasteiger partial charge in [-0.2, -0.15) is 0 Å². The van der Waals surface area contributed by atoms with E-state index in [-0.39, 0.29) is 18.0 Å². The molecule has 2 aliphatic heterocycles. The summed E-state index contributed by atoms with van der Waals surface area (Å²) in [5, 5.41) is 2.78. The van der Waals surface area contributed by atoms with Crippen molar-refractivity contribution in [1.82, 2.24) is 20.1 Å². The number of rotatable bonds is 4. The van der Waals surface area contributed by atoms with Crippen LogP contribution in [0.15, 0.2) is 24.4 Å². The fourth-order valence-corrected chi connectivity index (χ4v) is 3.85. The highest BCUT2D eigenvalue weighted by Crippen LogP contribution is 2.26. The number of carbonyl (C=O) groups excluding carboxylic acids is 1. The number of piperidine rings is 1. The third-order valence-electron chi connectivity index (χ3n) is 5.06. The van der Waals surface area contributed by atoms with E-state index in [2.05, 4.69) is 26.2 Å². The van der Waals surface area contributed by atoms with E-state index in [4.69, 9.17) is 5.73 Å². The van der Waals surface area contributed by atoms with E-state index < -0.39 is 0 Å². The maximum absolute atomic E-state index is 12.1. The van der Waals surface area contributed by atoms with Crippen LogP contribution in [0.4, 0.5) is 0 Å². The maximum Gasteiger partial charge on any atom is 0.237 e. The summed E-state index contributed by atoms with van der Waals surface area (Å²) in [6.45, 7) is 3.84. The van der Waals surface area contributed by atoms with Gasteiger partial charge in [-0.1, -0.05) is 6.07 Å². The number of hydrogen-bond donors (Lipinski definition) is 2. The molecule has 6 heteroatoms. The largest absolute Gasteiger partial charge is 0.358 e. The van der Waals surface area contributed by atoms with Gasteiger partial charge < -0.3 is 11.1 Å². The number of likely N-dealkylation sites (N-methyl/N-ethyl adjacent to an activating group) is 1. The quantitative estimate of drug-likeness (QED) is 0.829. The Hall–Kier alpha value is -1.50. The molecule has 2 saturated heterocycles. The van der Waals surface area contributed by atoms with Crippen molar-refractivity contribution in [2.75, 3.05) is 26.7 Å². The van der Waals surface area contributed by atoms with Crippen molar-refractivity contribution < 1.29 is 4.79 Å². The van der Waals surface area contributed by atoms with E-state index in [1.54, 1.807) is 7.05 Å². The molecule has 3 N–H and O–H groups in total. The Balaban J connectivity index is 1.55. The van der Waals surface area contributed by atoms with Crippen molar-refractivity contribution in [3.63, 3.8) is 0 Å². The first-order chi connectivity index (χ1) is 11.2. The predicted molar refractivity (Wildman–Crippen MR) is 89.7 cm³/mol. The first-order valence-corrected chi connectivity index (χ1v) is 8.52. The lowest BCUT2D eigenvalue weighted by Gasteiger charge is -2.38. The summed E-state index contributed by atoms with van der Waals surface area (Å²) in [6, 6.07) is 6.59. The first-order valence-electron chi connectivity index (χ1n) is 8.52. The molecule has 0 aromatic carbocycles. The monoisotopic (exact) mass is 317 g/mol. The van der Waals surface area contributed by atoms with Crippen LogP contribution in [0.2, 0.25) is 0 Å². The van der Waals surface area contributed by atoms with E-state index in [0.717, 1.165) is 51.1 Å². The van der Waals surface area contributed by atoms with Gasteiger partial charge in [0.05, 0.1) is 11.7 Å². The Morgan fingerprint density at radius 1 is 1.39 bits per heavy atom. The molecule has 0 spiro atoms. The van der Waals surface area contributed by atoms with Crippen LogP contribution >= 0.6 is 0 Å². The summed E-state index contributed by atoms with van der Waals surface area (Å²) in [4.78, 5) is 21.3. The van der Waals surface area contributed by atoms with Crippen LogP contribution < -0.4 is 11.1 Å². The molecule has 6 nitrogen and oxygen atoms in total. The number of aromatic nitrogens is 1. The molecule has 2 fully saturated rings. The molecule has 1 amide bonds. The molecule has 0 radical (unpaired) electrons. The Morgan fingerprint density at radius 2 is 2.17 bits per heavy atom. The zero-order chi connectivity index (χ0) is 16.2. The zero-order valence-corrected chi connectivity index (χ0v) is 13.8. The van der Waals surface area contributed by atoms with Crippen LogP contribution in [0.5, 0.6) is 0 Å². The molecule has 126 valence electrons. The second-order valence-electron chi connectivity index (χ2n) is 6.65. The topological polar surface area (TPSA) is 74.5 Å². The van der Waals surface area contributed by atoms with E-state index in [1.807, 2.05) is 18.3 Å². The molecule has 3 rings (SSSR count). The average molecular weight is 317 g/mol. The van der Waals surface area contributed by atoms with Crippen molar-refractivity contribution in [3.8, 4) is 0 Å². The molecule has 3 heterocycles. The summed E-state index contributed by atoms with van der Waals surface area (Å²) in [6.07, 6.45) is 4.80. The van der Waals surface area contributed by atoms with Gasteiger partial charge in [0.25, 0.3) is 0 Å². The van der Waals surface area contributed by atoms with Crippen molar-refractivity contribution in [3.05, 3.63) is 30.1 Å². The molecule has 0 unspecified atom stereocenters. The summed E-state index contributed by atoms with van der Waals surface area (Å²) in [5.41, 5.74) is 7.23. The van der Waals surface area contributed by atoms with Gasteiger partial charge in [0.2, 0.25) is 5.91 Å². The smallest absolute Gasteiger partial charge is 0.237 e. The number of nitrogens with one attached hydrogen (secondary N) is 1. The highest BCUT2D eigenvalue weighted by atomic mass is 16.2. The van der Waals surface area contributed by atoms with Crippen molar-refractivity contribution in [1.29, 1.82) is 0 Å². The highest BCUT2D eigenvalue weighted by molar-refractivity contribution is 5.81. The SMILES string of the molecule is CNC(=O)[C@@H]1C[C@@H](N)CN1C1CCN(Cc2ccccn2)CC1. The minimum absolute atomic E-state index is 0.0534. The fraction of sp³-hybridized carbons (Fsp3) is 0.647. The Bertz CT molecular complexity index is 515. The van der Waals surface area contributed by atoms with Gasteiger partial charge in [-0.25, -0.2) is 0 Å². The molecule has 0 bridgehead atoms. The molecule has 2 atom stereocenters. The highest BCUT2D eigenvalue weighted by Gasteiger charge is 2.39. The molecular weight excluding hydrogens is 290 g/mol. The van der Waals surface area contributed by atoms with Crippen molar-refractivity contribution in [2.45, 2.75) is 43.9 Å².